The van der Waals surface area contributed by atoms with Gasteiger partial charge in [0.25, 0.3) is 0 Å². The van der Waals surface area contributed by atoms with Crippen LogP contribution < -0.4 is 4.90 Å². The van der Waals surface area contributed by atoms with Crippen LogP contribution in [0.5, 0.6) is 0 Å². The molecule has 0 amide bonds. The Bertz CT molecular complexity index is 2890. The van der Waals surface area contributed by atoms with Gasteiger partial charge >= 0.3 is 0 Å². The quantitative estimate of drug-likeness (QED) is 0.169. The van der Waals surface area contributed by atoms with Crippen LogP contribution in [-0.4, -0.2) is 0 Å². The van der Waals surface area contributed by atoms with E-state index < -0.39 is 0 Å². The van der Waals surface area contributed by atoms with E-state index in [2.05, 4.69) is 205 Å². The van der Waals surface area contributed by atoms with E-state index in [4.69, 9.17) is 0 Å². The first-order chi connectivity index (χ1) is 25.8. The lowest BCUT2D eigenvalue weighted by Gasteiger charge is -2.28. The lowest BCUT2D eigenvalue weighted by molar-refractivity contribution is 1.28. The monoisotopic (exact) mass is 679 g/mol. The van der Waals surface area contributed by atoms with Gasteiger partial charge in [-0.05, 0) is 97.9 Å². The van der Waals surface area contributed by atoms with E-state index in [1.165, 1.54) is 75.1 Å². The number of nitrogens with zero attached hydrogens (tertiary/aromatic N) is 1. The largest absolute Gasteiger partial charge is 0.310 e. The molecular weight excluding hydrogens is 647 g/mol. The molecule has 0 N–H and O–H groups in total. The van der Waals surface area contributed by atoms with Gasteiger partial charge < -0.3 is 4.90 Å². The van der Waals surface area contributed by atoms with Crippen molar-refractivity contribution in [3.63, 3.8) is 0 Å². The van der Waals surface area contributed by atoms with Gasteiger partial charge in [0.15, 0.2) is 0 Å². The highest BCUT2D eigenvalue weighted by molar-refractivity contribution is 7.26. The van der Waals surface area contributed by atoms with Crippen LogP contribution in [0.3, 0.4) is 0 Å². The van der Waals surface area contributed by atoms with Gasteiger partial charge in [-0.2, -0.15) is 0 Å². The SMILES string of the molecule is c1ccc(-c2ccccc2N(c2ccc(-c3ccc4ccccc4c3)cc2)c2ccc(-c3ccc4sc5c6ccccc6ccc5c4c3)cc2)cc1. The summed E-state index contributed by atoms with van der Waals surface area (Å²) in [6.45, 7) is 0. The molecule has 0 spiro atoms. The first-order valence-corrected chi connectivity index (χ1v) is 18.6. The molecule has 1 nitrogen and oxygen atoms in total. The van der Waals surface area contributed by atoms with E-state index in [0.717, 1.165) is 17.1 Å². The molecule has 0 aliphatic rings. The number of rotatable bonds is 6. The average molecular weight is 680 g/mol. The van der Waals surface area contributed by atoms with Crippen molar-refractivity contribution in [2.75, 3.05) is 4.90 Å². The average Bonchev–Trinajstić information content (AvgIpc) is 3.60. The maximum atomic E-state index is 2.39. The van der Waals surface area contributed by atoms with E-state index >= 15 is 0 Å². The molecule has 9 aromatic carbocycles. The molecule has 244 valence electrons. The molecule has 0 aliphatic heterocycles. The Hall–Kier alpha value is -6.48. The van der Waals surface area contributed by atoms with Crippen LogP contribution in [0.25, 0.3) is 75.1 Å². The van der Waals surface area contributed by atoms with Crippen molar-refractivity contribution in [2.24, 2.45) is 0 Å². The van der Waals surface area contributed by atoms with E-state index in [1.807, 2.05) is 11.3 Å². The van der Waals surface area contributed by atoms with Crippen molar-refractivity contribution in [3.8, 4) is 33.4 Å². The van der Waals surface area contributed by atoms with Gasteiger partial charge in [0.1, 0.15) is 0 Å². The Kier molecular flexibility index (Phi) is 7.41. The molecule has 2 heteroatoms. The minimum atomic E-state index is 1.11. The Morgan fingerprint density at radius 1 is 0.327 bits per heavy atom. The molecule has 10 aromatic rings. The summed E-state index contributed by atoms with van der Waals surface area (Å²) in [4.78, 5) is 2.39. The van der Waals surface area contributed by atoms with Crippen LogP contribution >= 0.6 is 11.3 Å². The topological polar surface area (TPSA) is 3.24 Å². The number of anilines is 3. The molecule has 0 bridgehead atoms. The second-order valence-corrected chi connectivity index (χ2v) is 14.4. The molecule has 0 radical (unpaired) electrons. The number of para-hydroxylation sites is 1. The van der Waals surface area contributed by atoms with Gasteiger partial charge in [-0.3, -0.25) is 0 Å². The highest BCUT2D eigenvalue weighted by atomic mass is 32.1. The molecule has 0 unspecified atom stereocenters. The minimum Gasteiger partial charge on any atom is -0.310 e. The van der Waals surface area contributed by atoms with Crippen molar-refractivity contribution in [1.29, 1.82) is 0 Å². The fraction of sp³-hybridized carbons (Fsp3) is 0. The third-order valence-corrected chi connectivity index (χ3v) is 11.5. The molecule has 0 fully saturated rings. The van der Waals surface area contributed by atoms with Crippen LogP contribution in [0.15, 0.2) is 200 Å². The first-order valence-electron chi connectivity index (χ1n) is 17.8. The van der Waals surface area contributed by atoms with Crippen LogP contribution in [0.2, 0.25) is 0 Å². The van der Waals surface area contributed by atoms with Gasteiger partial charge in [0.2, 0.25) is 0 Å². The third-order valence-electron chi connectivity index (χ3n) is 10.3. The zero-order valence-electron chi connectivity index (χ0n) is 28.4. The van der Waals surface area contributed by atoms with Crippen molar-refractivity contribution < 1.29 is 0 Å². The summed E-state index contributed by atoms with van der Waals surface area (Å²) in [7, 11) is 0. The number of hydrogen-bond acceptors (Lipinski definition) is 2. The minimum absolute atomic E-state index is 1.11. The highest BCUT2D eigenvalue weighted by Crippen LogP contribution is 2.43. The van der Waals surface area contributed by atoms with E-state index in [0.29, 0.717) is 0 Å². The van der Waals surface area contributed by atoms with Gasteiger partial charge in [-0.15, -0.1) is 11.3 Å². The summed E-state index contributed by atoms with van der Waals surface area (Å²) in [5.74, 6) is 0. The number of benzene rings is 9. The molecule has 1 heterocycles. The predicted molar refractivity (Wildman–Crippen MR) is 225 cm³/mol. The lowest BCUT2D eigenvalue weighted by Crippen LogP contribution is -2.11. The van der Waals surface area contributed by atoms with Gasteiger partial charge in [-0.1, -0.05) is 152 Å². The summed E-state index contributed by atoms with van der Waals surface area (Å²) in [6.07, 6.45) is 0. The summed E-state index contributed by atoms with van der Waals surface area (Å²) >= 11 is 1.89. The fourth-order valence-corrected chi connectivity index (χ4v) is 8.84. The van der Waals surface area contributed by atoms with E-state index in [9.17, 15) is 0 Å². The molecule has 10 rings (SSSR count). The fourth-order valence-electron chi connectivity index (χ4n) is 7.62. The van der Waals surface area contributed by atoms with Crippen LogP contribution in [0.1, 0.15) is 0 Å². The zero-order chi connectivity index (χ0) is 34.4. The second kappa shape index (κ2) is 12.7. The Labute approximate surface area is 307 Å². The summed E-state index contributed by atoms with van der Waals surface area (Å²) in [5, 5.41) is 7.77. The molecule has 0 aliphatic carbocycles. The Balaban J connectivity index is 1.06. The smallest absolute Gasteiger partial charge is 0.0540 e. The maximum Gasteiger partial charge on any atom is 0.0540 e. The first kappa shape index (κ1) is 30.4. The number of thiophene rings is 1. The Morgan fingerprint density at radius 3 is 1.67 bits per heavy atom. The van der Waals surface area contributed by atoms with Crippen molar-refractivity contribution in [3.05, 3.63) is 200 Å². The zero-order valence-corrected chi connectivity index (χ0v) is 29.2. The maximum absolute atomic E-state index is 2.39. The molecular formula is C50H33NS. The van der Waals surface area contributed by atoms with Crippen molar-refractivity contribution in [2.45, 2.75) is 0 Å². The van der Waals surface area contributed by atoms with Crippen molar-refractivity contribution >= 4 is 70.1 Å². The predicted octanol–water partition coefficient (Wildman–Crippen LogP) is 14.8. The van der Waals surface area contributed by atoms with Crippen LogP contribution in [0.4, 0.5) is 17.1 Å². The molecule has 0 saturated carbocycles. The third kappa shape index (κ3) is 5.33. The summed E-state index contributed by atoms with van der Waals surface area (Å²) in [6, 6.07) is 72.9. The van der Waals surface area contributed by atoms with Crippen LogP contribution in [0, 0.1) is 0 Å². The van der Waals surface area contributed by atoms with Crippen molar-refractivity contribution in [1.82, 2.24) is 0 Å². The number of fused-ring (bicyclic) bond motifs is 6. The Morgan fingerprint density at radius 2 is 0.904 bits per heavy atom. The van der Waals surface area contributed by atoms with Crippen LogP contribution in [-0.2, 0) is 0 Å². The summed E-state index contributed by atoms with van der Waals surface area (Å²) in [5.41, 5.74) is 10.6. The van der Waals surface area contributed by atoms with Gasteiger partial charge in [-0.25, -0.2) is 0 Å². The standard InChI is InChI=1S/C50H33NS/c1-2-11-37(12-3-1)44-15-8-9-17-48(44)51(42-26-20-35(21-27-42)40-19-18-34-10-4-5-14-39(34)32-40)43-28-22-36(23-29-43)41-25-31-49-47(33-41)46-30-24-38-13-6-7-16-45(38)50(46)52-49/h1-33H. The van der Waals surface area contributed by atoms with E-state index in [-0.39, 0.29) is 0 Å². The second-order valence-electron chi connectivity index (χ2n) is 13.4. The molecule has 1 aromatic heterocycles. The van der Waals surface area contributed by atoms with E-state index in [1.54, 1.807) is 0 Å². The van der Waals surface area contributed by atoms with Gasteiger partial charge in [0, 0.05) is 37.1 Å². The van der Waals surface area contributed by atoms with Gasteiger partial charge in [0.05, 0.1) is 5.69 Å². The molecule has 52 heavy (non-hydrogen) atoms. The molecule has 0 saturated heterocycles. The molecule has 0 atom stereocenters. The lowest BCUT2D eigenvalue weighted by atomic mass is 9.99. The number of hydrogen-bond donors (Lipinski definition) is 0. The highest BCUT2D eigenvalue weighted by Gasteiger charge is 2.18. The normalized spacial score (nSPS) is 11.5. The summed E-state index contributed by atoms with van der Waals surface area (Å²) < 4.78 is 2.68.